The Balaban J connectivity index is 0. The van der Waals surface area contributed by atoms with Crippen molar-refractivity contribution in [1.29, 1.82) is 0 Å². The van der Waals surface area contributed by atoms with Gasteiger partial charge >= 0.3 is 0 Å². The minimum atomic E-state index is 1.03. The fourth-order valence-corrected chi connectivity index (χ4v) is 1.18. The van der Waals surface area contributed by atoms with Gasteiger partial charge in [0.1, 0.15) is 0 Å². The van der Waals surface area contributed by atoms with Crippen LogP contribution in [0, 0.1) is 0 Å². The fraction of sp³-hybridized carbons (Fsp3) is 1.00. The number of hydrogen-bond donors (Lipinski definition) is 0. The van der Waals surface area contributed by atoms with Gasteiger partial charge in [0.15, 0.2) is 0 Å². The van der Waals surface area contributed by atoms with Crippen LogP contribution in [0.25, 0.3) is 0 Å². The summed E-state index contributed by atoms with van der Waals surface area (Å²) in [5.41, 5.74) is 0. The van der Waals surface area contributed by atoms with E-state index in [4.69, 9.17) is 0 Å². The molecule has 0 bridgehead atoms. The lowest BCUT2D eigenvalue weighted by Gasteiger charge is -2.21. The molecule has 0 spiro atoms. The molecular formula is C12H32N4. The Morgan fingerprint density at radius 2 is 0.875 bits per heavy atom. The first-order valence-corrected chi connectivity index (χ1v) is 5.99. The van der Waals surface area contributed by atoms with E-state index >= 15 is 0 Å². The van der Waals surface area contributed by atoms with E-state index in [0.717, 1.165) is 26.4 Å². The Kier molecular flexibility index (Phi) is 12.9. The molecule has 0 aromatic heterocycles. The third-order valence-corrected chi connectivity index (χ3v) is 2.13. The normalized spacial score (nSPS) is 11.2. The molecule has 0 unspecified atom stereocenters. The second kappa shape index (κ2) is 11.3. The lowest BCUT2D eigenvalue weighted by molar-refractivity contribution is 0.196. The average Bonchev–Trinajstić information content (AvgIpc) is 2.16. The van der Waals surface area contributed by atoms with Crippen molar-refractivity contribution in [3.8, 4) is 0 Å². The van der Waals surface area contributed by atoms with Gasteiger partial charge in [0.05, 0.1) is 0 Å². The van der Waals surface area contributed by atoms with Crippen LogP contribution in [0.3, 0.4) is 0 Å². The van der Waals surface area contributed by atoms with Gasteiger partial charge in [-0.15, -0.1) is 0 Å². The number of hydrogen-bond acceptors (Lipinski definition) is 4. The van der Waals surface area contributed by atoms with Gasteiger partial charge in [-0.1, -0.05) is 13.8 Å². The van der Waals surface area contributed by atoms with E-state index < -0.39 is 0 Å². The highest BCUT2D eigenvalue weighted by atomic mass is 15.3. The lowest BCUT2D eigenvalue weighted by atomic mass is 10.6. The Bertz CT molecular complexity index is 123. The van der Waals surface area contributed by atoms with Crippen LogP contribution in [0.4, 0.5) is 0 Å². The largest absolute Gasteiger partial charge is 0.297 e. The van der Waals surface area contributed by atoms with Crippen LogP contribution >= 0.6 is 0 Å². The molecule has 0 radical (unpaired) electrons. The molecular weight excluding hydrogens is 200 g/mol. The van der Waals surface area contributed by atoms with E-state index in [-0.39, 0.29) is 0 Å². The zero-order valence-corrected chi connectivity index (χ0v) is 12.6. The van der Waals surface area contributed by atoms with Crippen LogP contribution in [0.15, 0.2) is 0 Å². The molecule has 4 heteroatoms. The third kappa shape index (κ3) is 16.3. The second-order valence-corrected chi connectivity index (χ2v) is 4.79. The smallest absolute Gasteiger partial charge is 0.0500 e. The molecule has 0 amide bonds. The number of nitrogens with zero attached hydrogens (tertiary/aromatic N) is 4. The van der Waals surface area contributed by atoms with Gasteiger partial charge in [0.2, 0.25) is 0 Å². The van der Waals surface area contributed by atoms with Gasteiger partial charge in [0, 0.05) is 13.3 Å². The maximum absolute atomic E-state index is 2.28. The fourth-order valence-electron chi connectivity index (χ4n) is 1.18. The summed E-state index contributed by atoms with van der Waals surface area (Å²) in [6, 6.07) is 0. The molecule has 0 rings (SSSR count). The molecule has 0 saturated heterocycles. The van der Waals surface area contributed by atoms with Gasteiger partial charge in [-0.05, 0) is 55.4 Å². The minimum Gasteiger partial charge on any atom is -0.297 e. The summed E-state index contributed by atoms with van der Waals surface area (Å²) in [5, 5.41) is 0. The van der Waals surface area contributed by atoms with E-state index in [2.05, 4.69) is 75.7 Å². The Morgan fingerprint density at radius 3 is 1.00 bits per heavy atom. The van der Waals surface area contributed by atoms with Crippen molar-refractivity contribution in [2.75, 3.05) is 68.7 Å². The molecule has 100 valence electrons. The molecule has 0 aliphatic carbocycles. The van der Waals surface area contributed by atoms with Crippen molar-refractivity contribution in [2.45, 2.75) is 13.8 Å². The highest BCUT2D eigenvalue weighted by Crippen LogP contribution is 1.84. The molecule has 0 N–H and O–H groups in total. The van der Waals surface area contributed by atoms with Crippen LogP contribution in [-0.2, 0) is 0 Å². The summed E-state index contributed by atoms with van der Waals surface area (Å²) >= 11 is 0. The summed E-state index contributed by atoms with van der Waals surface area (Å²) in [6.45, 7) is 8.70. The molecule has 0 saturated carbocycles. The summed E-state index contributed by atoms with van der Waals surface area (Å²) in [6.07, 6.45) is 0. The maximum Gasteiger partial charge on any atom is 0.0500 e. The Labute approximate surface area is 103 Å². The topological polar surface area (TPSA) is 13.0 Å². The van der Waals surface area contributed by atoms with Crippen molar-refractivity contribution >= 4 is 0 Å². The molecule has 0 heterocycles. The highest BCUT2D eigenvalue weighted by molar-refractivity contribution is 4.46. The monoisotopic (exact) mass is 232 g/mol. The van der Waals surface area contributed by atoms with Crippen LogP contribution < -0.4 is 0 Å². The molecule has 0 aromatic rings. The van der Waals surface area contributed by atoms with E-state index in [1.807, 2.05) is 0 Å². The van der Waals surface area contributed by atoms with Crippen molar-refractivity contribution in [1.82, 2.24) is 19.6 Å². The molecule has 0 aliphatic rings. The average molecular weight is 232 g/mol. The number of rotatable bonds is 6. The zero-order chi connectivity index (χ0) is 13.1. The van der Waals surface area contributed by atoms with Gasteiger partial charge in [0.25, 0.3) is 0 Å². The first-order valence-electron chi connectivity index (χ1n) is 5.99. The first-order chi connectivity index (χ1) is 7.33. The molecule has 0 atom stereocenters. The Hall–Kier alpha value is -0.160. The standard InChI is InChI=1S/C7H18N2.C5H14N2/c1-5-8(3)7-9(4)6-2;1-6(2)5-7(3)4/h5-7H2,1-4H3;5H2,1-4H3. The van der Waals surface area contributed by atoms with E-state index in [1.165, 1.54) is 0 Å². The van der Waals surface area contributed by atoms with E-state index in [0.29, 0.717) is 0 Å². The second-order valence-electron chi connectivity index (χ2n) is 4.79. The molecule has 0 fully saturated rings. The first kappa shape index (κ1) is 18.2. The van der Waals surface area contributed by atoms with Crippen molar-refractivity contribution in [3.05, 3.63) is 0 Å². The summed E-state index contributed by atoms with van der Waals surface area (Å²) in [7, 11) is 12.5. The SMILES string of the molecule is CCN(C)CN(C)CC.CN(C)CN(C)C. The van der Waals surface area contributed by atoms with Crippen molar-refractivity contribution in [3.63, 3.8) is 0 Å². The van der Waals surface area contributed by atoms with Crippen LogP contribution in [0.2, 0.25) is 0 Å². The van der Waals surface area contributed by atoms with Gasteiger partial charge in [-0.25, -0.2) is 0 Å². The van der Waals surface area contributed by atoms with Crippen LogP contribution in [0.5, 0.6) is 0 Å². The molecule has 4 nitrogen and oxygen atoms in total. The molecule has 16 heavy (non-hydrogen) atoms. The van der Waals surface area contributed by atoms with Crippen molar-refractivity contribution < 1.29 is 0 Å². The quantitative estimate of drug-likeness (QED) is 0.631. The summed E-state index contributed by atoms with van der Waals surface area (Å²) in [4.78, 5) is 8.81. The van der Waals surface area contributed by atoms with Gasteiger partial charge in [-0.2, -0.15) is 0 Å². The minimum absolute atomic E-state index is 1.03. The summed E-state index contributed by atoms with van der Waals surface area (Å²) in [5.74, 6) is 0. The van der Waals surface area contributed by atoms with E-state index in [1.54, 1.807) is 0 Å². The molecule has 0 aromatic carbocycles. The van der Waals surface area contributed by atoms with Crippen LogP contribution in [0.1, 0.15) is 13.8 Å². The predicted octanol–water partition coefficient (Wildman–Crippen LogP) is 0.914. The zero-order valence-electron chi connectivity index (χ0n) is 12.6. The van der Waals surface area contributed by atoms with Gasteiger partial charge in [-0.3, -0.25) is 19.6 Å². The van der Waals surface area contributed by atoms with Gasteiger partial charge < -0.3 is 0 Å². The van der Waals surface area contributed by atoms with E-state index in [9.17, 15) is 0 Å². The predicted molar refractivity (Wildman–Crippen MR) is 73.7 cm³/mol. The van der Waals surface area contributed by atoms with Crippen LogP contribution in [-0.4, -0.2) is 88.3 Å². The maximum atomic E-state index is 2.28. The lowest BCUT2D eigenvalue weighted by Crippen LogP contribution is -2.32. The highest BCUT2D eigenvalue weighted by Gasteiger charge is 1.96. The summed E-state index contributed by atoms with van der Waals surface area (Å²) < 4.78 is 0. The molecule has 0 aliphatic heterocycles. The third-order valence-electron chi connectivity index (χ3n) is 2.13. The van der Waals surface area contributed by atoms with Crippen molar-refractivity contribution in [2.24, 2.45) is 0 Å². The Morgan fingerprint density at radius 1 is 0.562 bits per heavy atom.